The van der Waals surface area contributed by atoms with Crippen molar-refractivity contribution in [2.75, 3.05) is 0 Å². The molecule has 0 saturated heterocycles. The molecule has 0 fully saturated rings. The fourth-order valence-corrected chi connectivity index (χ4v) is 0.584. The summed E-state index contributed by atoms with van der Waals surface area (Å²) in [5, 5.41) is 0. The van der Waals surface area contributed by atoms with Gasteiger partial charge in [-0.15, -0.1) is 0 Å². The average Bonchev–Trinajstić information content (AvgIpc) is 1.21. The van der Waals surface area contributed by atoms with E-state index in [1.165, 1.54) is 0 Å². The minimum Gasteiger partial charge on any atom is -0.465 e. The summed E-state index contributed by atoms with van der Waals surface area (Å²) in [6, 6.07) is 0. The molecule has 0 aromatic heterocycles. The Morgan fingerprint density at radius 2 is 1.88 bits per heavy atom. The van der Waals surface area contributed by atoms with E-state index in [1.807, 2.05) is 20.8 Å². The molecule has 0 heterocycles. The highest BCUT2D eigenvalue weighted by molar-refractivity contribution is 6.55. The van der Waals surface area contributed by atoms with E-state index in [9.17, 15) is 4.79 Å². The van der Waals surface area contributed by atoms with E-state index in [0.717, 1.165) is 0 Å². The van der Waals surface area contributed by atoms with Gasteiger partial charge in [-0.25, -0.2) is 0 Å². The molecule has 0 atom stereocenters. The van der Waals surface area contributed by atoms with Gasteiger partial charge in [-0.2, -0.15) is 0 Å². The van der Waals surface area contributed by atoms with Gasteiger partial charge in [-0.1, -0.05) is 0 Å². The maximum Gasteiger partial charge on any atom is 0.265 e. The molecule has 0 unspecified atom stereocenters. The Morgan fingerprint density at radius 1 is 1.50 bits per heavy atom. The second-order valence-corrected chi connectivity index (χ2v) is 2.91. The molecule has 0 aromatic carbocycles. The molecule has 0 N–H and O–H groups in total. The number of hydrogen-bond acceptors (Lipinski definition) is 2. The second-order valence-electron chi connectivity index (χ2n) is 2.50. The van der Waals surface area contributed by atoms with Crippen molar-refractivity contribution < 1.29 is 9.53 Å². The minimum absolute atomic E-state index is 0.376. The maximum atomic E-state index is 10.2. The Bertz CT molecular complexity index is 93.1. The zero-order chi connectivity index (χ0) is 6.78. The molecule has 8 heavy (non-hydrogen) atoms. The van der Waals surface area contributed by atoms with Gasteiger partial charge < -0.3 is 4.74 Å². The van der Waals surface area contributed by atoms with Gasteiger partial charge in [0, 0.05) is 0 Å². The maximum absolute atomic E-state index is 10.2. The Morgan fingerprint density at radius 3 is 1.88 bits per heavy atom. The van der Waals surface area contributed by atoms with Gasteiger partial charge in [0.2, 0.25) is 0 Å². The molecule has 0 bridgehead atoms. The molecule has 45 valence electrons. The molecular weight excluding hydrogens is 120 g/mol. The number of rotatable bonds is 0. The highest BCUT2D eigenvalue weighted by atomic mass is 28.1. The number of carbonyl (C=O) groups excluding carboxylic acids is 1. The van der Waals surface area contributed by atoms with Crippen molar-refractivity contribution in [3.05, 3.63) is 0 Å². The van der Waals surface area contributed by atoms with Gasteiger partial charge in [-0.3, -0.25) is 4.79 Å². The lowest BCUT2D eigenvalue weighted by Gasteiger charge is -2.17. The van der Waals surface area contributed by atoms with E-state index >= 15 is 0 Å². The van der Waals surface area contributed by atoms with Crippen LogP contribution in [0.3, 0.4) is 0 Å². The van der Waals surface area contributed by atoms with E-state index in [2.05, 4.69) is 10.2 Å². The zero-order valence-corrected chi connectivity index (χ0v) is 6.32. The highest BCUT2D eigenvalue weighted by Gasteiger charge is 2.11. The Kier molecular flexibility index (Phi) is 2.21. The fraction of sp³-hybridized carbons (Fsp3) is 0.800. The molecule has 3 radical (unpaired) electrons. The lowest BCUT2D eigenvalue weighted by Crippen LogP contribution is -2.22. The predicted octanol–water partition coefficient (Wildman–Crippen LogP) is 1.09. The lowest BCUT2D eigenvalue weighted by molar-refractivity contribution is 0.0724. The summed E-state index contributed by atoms with van der Waals surface area (Å²) in [5.41, 5.74) is -0.795. The summed E-state index contributed by atoms with van der Waals surface area (Å²) in [7, 11) is 2.69. The van der Waals surface area contributed by atoms with E-state index < -0.39 is 5.59 Å². The monoisotopic (exact) mass is 129 g/mol. The second kappa shape index (κ2) is 2.30. The van der Waals surface area contributed by atoms with Crippen LogP contribution < -0.4 is 0 Å². The predicted molar refractivity (Wildman–Crippen MR) is 32.0 cm³/mol. The molecule has 0 aromatic rings. The first-order valence-corrected chi connectivity index (χ1v) is 2.86. The molecule has 0 aliphatic rings. The third kappa shape index (κ3) is 5.69. The van der Waals surface area contributed by atoms with Crippen LogP contribution in [-0.4, -0.2) is 21.4 Å². The first-order valence-electron chi connectivity index (χ1n) is 2.36. The standard InChI is InChI=1S/C5H9O2Si/c1-5(2,3)7-4(6)8/h1-3H3. The SMILES string of the molecule is CC(C)(C)OC(=O)[Si]. The van der Waals surface area contributed by atoms with Gasteiger partial charge in [-0.05, 0) is 20.8 Å². The molecule has 0 amide bonds. The molecule has 0 saturated carbocycles. The highest BCUT2D eigenvalue weighted by Crippen LogP contribution is 2.05. The normalized spacial score (nSPS) is 11.0. The fourth-order valence-electron chi connectivity index (χ4n) is 0.278. The van der Waals surface area contributed by atoms with Crippen LogP contribution in [0, 0.1) is 0 Å². The van der Waals surface area contributed by atoms with Gasteiger partial charge in [0.15, 0.2) is 10.2 Å². The van der Waals surface area contributed by atoms with Crippen molar-refractivity contribution >= 4 is 15.8 Å². The van der Waals surface area contributed by atoms with Crippen LogP contribution in [0.2, 0.25) is 0 Å². The van der Waals surface area contributed by atoms with Crippen molar-refractivity contribution in [2.24, 2.45) is 0 Å². The Labute approximate surface area is 52.6 Å². The number of ether oxygens (including phenoxy) is 1. The van der Waals surface area contributed by atoms with Crippen molar-refractivity contribution in [1.29, 1.82) is 0 Å². The largest absolute Gasteiger partial charge is 0.465 e. The summed E-state index contributed by atoms with van der Waals surface area (Å²) in [4.78, 5) is 10.2. The summed E-state index contributed by atoms with van der Waals surface area (Å²) in [6.07, 6.45) is 0. The van der Waals surface area contributed by atoms with E-state index in [4.69, 9.17) is 4.74 Å². The molecule has 0 rings (SSSR count). The van der Waals surface area contributed by atoms with Crippen molar-refractivity contribution in [2.45, 2.75) is 26.4 Å². The molecule has 0 spiro atoms. The minimum atomic E-state index is -0.419. The number of carbonyl (C=O) groups is 1. The first-order chi connectivity index (χ1) is 3.42. The van der Waals surface area contributed by atoms with Crippen LogP contribution >= 0.6 is 0 Å². The van der Waals surface area contributed by atoms with E-state index in [0.29, 0.717) is 0 Å². The van der Waals surface area contributed by atoms with Crippen molar-refractivity contribution in [3.8, 4) is 0 Å². The van der Waals surface area contributed by atoms with Gasteiger partial charge >= 0.3 is 0 Å². The quantitative estimate of drug-likeness (QED) is 0.458. The topological polar surface area (TPSA) is 26.3 Å². The summed E-state index contributed by atoms with van der Waals surface area (Å²) < 4.78 is 4.71. The van der Waals surface area contributed by atoms with Crippen molar-refractivity contribution in [1.82, 2.24) is 0 Å². The number of hydrogen-bond donors (Lipinski definition) is 0. The van der Waals surface area contributed by atoms with Crippen LogP contribution in [0.15, 0.2) is 0 Å². The molecule has 3 heteroatoms. The van der Waals surface area contributed by atoms with Crippen LogP contribution in [0.25, 0.3) is 0 Å². The summed E-state index contributed by atoms with van der Waals surface area (Å²) in [5.74, 6) is 0. The van der Waals surface area contributed by atoms with Gasteiger partial charge in [0.1, 0.15) is 5.60 Å². The molecular formula is C5H9O2Si. The van der Waals surface area contributed by atoms with Crippen LogP contribution in [0.5, 0.6) is 0 Å². The lowest BCUT2D eigenvalue weighted by atomic mass is 10.2. The summed E-state index contributed by atoms with van der Waals surface area (Å²) in [6.45, 7) is 5.43. The Balaban J connectivity index is 3.55. The first kappa shape index (κ1) is 7.69. The van der Waals surface area contributed by atoms with E-state index in [-0.39, 0.29) is 5.60 Å². The Hall–Kier alpha value is -0.313. The summed E-state index contributed by atoms with van der Waals surface area (Å²) >= 11 is 0. The average molecular weight is 129 g/mol. The van der Waals surface area contributed by atoms with Crippen LogP contribution in [0.4, 0.5) is 4.79 Å². The molecule has 0 aliphatic heterocycles. The third-order valence-electron chi connectivity index (χ3n) is 0.399. The van der Waals surface area contributed by atoms with E-state index in [1.54, 1.807) is 0 Å². The zero-order valence-electron chi connectivity index (χ0n) is 5.32. The molecule has 2 nitrogen and oxygen atoms in total. The molecule has 0 aliphatic carbocycles. The third-order valence-corrected chi connectivity index (χ3v) is 0.501. The van der Waals surface area contributed by atoms with Gasteiger partial charge in [0.05, 0.1) is 0 Å². The smallest absolute Gasteiger partial charge is 0.265 e. The van der Waals surface area contributed by atoms with Crippen LogP contribution in [0.1, 0.15) is 20.8 Å². The van der Waals surface area contributed by atoms with Gasteiger partial charge in [0.25, 0.3) is 5.59 Å². The van der Waals surface area contributed by atoms with Crippen molar-refractivity contribution in [3.63, 3.8) is 0 Å². The van der Waals surface area contributed by atoms with Crippen LogP contribution in [-0.2, 0) is 4.74 Å².